The minimum atomic E-state index is -0.389. The highest BCUT2D eigenvalue weighted by molar-refractivity contribution is 6.34. The van der Waals surface area contributed by atoms with Crippen LogP contribution < -0.4 is 5.32 Å². The Kier molecular flexibility index (Phi) is 4.82. The standard InChI is InChI=1S/C16H16ClN3O4/c1-3-22-9(2)15-19-13(24-20-15)8-18-16(21)12-7-10-5-4-6-11(17)14(10)23-12/h4-7,9H,3,8H2,1-2H3,(H,18,21)/t9-/m0/s1. The Morgan fingerprint density at radius 1 is 1.46 bits per heavy atom. The Labute approximate surface area is 142 Å². The quantitative estimate of drug-likeness (QED) is 0.732. The molecule has 0 aliphatic rings. The van der Waals surface area contributed by atoms with Gasteiger partial charge in [-0.05, 0) is 26.0 Å². The van der Waals surface area contributed by atoms with Crippen LogP contribution in [0.15, 0.2) is 33.2 Å². The first-order chi connectivity index (χ1) is 11.6. The average molecular weight is 350 g/mol. The molecule has 126 valence electrons. The van der Waals surface area contributed by atoms with Gasteiger partial charge in [0, 0.05) is 12.0 Å². The number of para-hydroxylation sites is 1. The number of carbonyl (C=O) groups excluding carboxylic acids is 1. The SMILES string of the molecule is CCO[C@@H](C)c1noc(CNC(=O)c2cc3cccc(Cl)c3o2)n1. The fourth-order valence-corrected chi connectivity index (χ4v) is 2.43. The minimum Gasteiger partial charge on any atom is -0.449 e. The summed E-state index contributed by atoms with van der Waals surface area (Å²) in [6.07, 6.45) is -0.263. The molecule has 2 aromatic heterocycles. The molecule has 0 fully saturated rings. The average Bonchev–Trinajstić information content (AvgIpc) is 3.20. The van der Waals surface area contributed by atoms with E-state index in [4.69, 9.17) is 25.3 Å². The predicted molar refractivity (Wildman–Crippen MR) is 86.7 cm³/mol. The third-order valence-corrected chi connectivity index (χ3v) is 3.68. The Morgan fingerprint density at radius 2 is 2.29 bits per heavy atom. The first kappa shape index (κ1) is 16.5. The van der Waals surface area contributed by atoms with Gasteiger partial charge in [-0.1, -0.05) is 28.9 Å². The number of hydrogen-bond acceptors (Lipinski definition) is 6. The molecule has 2 heterocycles. The fraction of sp³-hybridized carbons (Fsp3) is 0.312. The zero-order valence-corrected chi connectivity index (χ0v) is 14.0. The maximum Gasteiger partial charge on any atom is 0.287 e. The van der Waals surface area contributed by atoms with Crippen LogP contribution in [0.3, 0.4) is 0 Å². The largest absolute Gasteiger partial charge is 0.449 e. The highest BCUT2D eigenvalue weighted by Gasteiger charge is 2.17. The maximum atomic E-state index is 12.2. The molecule has 7 nitrogen and oxygen atoms in total. The van der Waals surface area contributed by atoms with E-state index in [9.17, 15) is 4.79 Å². The highest BCUT2D eigenvalue weighted by Crippen LogP contribution is 2.26. The fourth-order valence-electron chi connectivity index (χ4n) is 2.21. The minimum absolute atomic E-state index is 0.0927. The second-order valence-electron chi connectivity index (χ2n) is 5.10. The van der Waals surface area contributed by atoms with Gasteiger partial charge in [0.25, 0.3) is 5.91 Å². The van der Waals surface area contributed by atoms with Crippen molar-refractivity contribution in [3.8, 4) is 0 Å². The van der Waals surface area contributed by atoms with Crippen LogP contribution in [0.1, 0.15) is 42.2 Å². The van der Waals surface area contributed by atoms with Gasteiger partial charge in [-0.2, -0.15) is 4.98 Å². The summed E-state index contributed by atoms with van der Waals surface area (Å²) in [6, 6.07) is 6.95. The molecule has 24 heavy (non-hydrogen) atoms. The molecule has 0 saturated carbocycles. The van der Waals surface area contributed by atoms with Crippen LogP contribution >= 0.6 is 11.6 Å². The molecule has 3 aromatic rings. The first-order valence-corrected chi connectivity index (χ1v) is 7.86. The third-order valence-electron chi connectivity index (χ3n) is 3.38. The topological polar surface area (TPSA) is 90.4 Å². The second-order valence-corrected chi connectivity index (χ2v) is 5.50. The van der Waals surface area contributed by atoms with Crippen molar-refractivity contribution in [1.29, 1.82) is 0 Å². The Morgan fingerprint density at radius 3 is 3.04 bits per heavy atom. The first-order valence-electron chi connectivity index (χ1n) is 7.48. The number of fused-ring (bicyclic) bond motifs is 1. The van der Waals surface area contributed by atoms with Crippen molar-refractivity contribution < 1.29 is 18.5 Å². The lowest BCUT2D eigenvalue weighted by Gasteiger charge is -2.04. The number of halogens is 1. The Bertz CT molecular complexity index is 858. The van der Waals surface area contributed by atoms with E-state index in [1.807, 2.05) is 19.9 Å². The molecular weight excluding hydrogens is 334 g/mol. The number of carbonyl (C=O) groups is 1. The van der Waals surface area contributed by atoms with Gasteiger partial charge in [-0.25, -0.2) is 0 Å². The van der Waals surface area contributed by atoms with Gasteiger partial charge in [0.05, 0.1) is 11.6 Å². The van der Waals surface area contributed by atoms with Crippen LogP contribution in [-0.2, 0) is 11.3 Å². The molecule has 1 amide bonds. The molecule has 0 saturated heterocycles. The van der Waals surface area contributed by atoms with Crippen LogP contribution in [0.25, 0.3) is 11.0 Å². The van der Waals surface area contributed by atoms with E-state index in [0.717, 1.165) is 5.39 Å². The van der Waals surface area contributed by atoms with E-state index in [2.05, 4.69) is 15.5 Å². The molecule has 0 aliphatic carbocycles. The number of hydrogen-bond donors (Lipinski definition) is 1. The van der Waals surface area contributed by atoms with E-state index in [1.54, 1.807) is 18.2 Å². The summed E-state index contributed by atoms with van der Waals surface area (Å²) in [5.41, 5.74) is 0.481. The van der Waals surface area contributed by atoms with Gasteiger partial charge >= 0.3 is 0 Å². The summed E-state index contributed by atoms with van der Waals surface area (Å²) in [7, 11) is 0. The van der Waals surface area contributed by atoms with Gasteiger partial charge < -0.3 is 19.0 Å². The van der Waals surface area contributed by atoms with E-state index < -0.39 is 0 Å². The number of amides is 1. The number of ether oxygens (including phenoxy) is 1. The third kappa shape index (κ3) is 3.42. The van der Waals surface area contributed by atoms with Crippen molar-refractivity contribution in [2.75, 3.05) is 6.61 Å². The number of nitrogens with zero attached hydrogens (tertiary/aromatic N) is 2. The van der Waals surface area contributed by atoms with E-state index >= 15 is 0 Å². The van der Waals surface area contributed by atoms with E-state index in [0.29, 0.717) is 28.9 Å². The predicted octanol–water partition coefficient (Wildman–Crippen LogP) is 3.50. The molecule has 1 N–H and O–H groups in total. The number of nitrogens with one attached hydrogen (secondary N) is 1. The maximum absolute atomic E-state index is 12.2. The molecule has 0 aliphatic heterocycles. The smallest absolute Gasteiger partial charge is 0.287 e. The molecule has 3 rings (SSSR count). The zero-order valence-electron chi connectivity index (χ0n) is 13.2. The van der Waals surface area contributed by atoms with Gasteiger partial charge in [0.2, 0.25) is 5.89 Å². The summed E-state index contributed by atoms with van der Waals surface area (Å²) >= 11 is 6.04. The molecule has 0 radical (unpaired) electrons. The summed E-state index contributed by atoms with van der Waals surface area (Å²) in [4.78, 5) is 16.4. The molecule has 0 unspecified atom stereocenters. The lowest BCUT2D eigenvalue weighted by molar-refractivity contribution is 0.0683. The van der Waals surface area contributed by atoms with Gasteiger partial charge in [0.15, 0.2) is 17.2 Å². The molecular formula is C16H16ClN3O4. The number of rotatable bonds is 6. The summed E-state index contributed by atoms with van der Waals surface area (Å²) in [5.74, 6) is 0.510. The summed E-state index contributed by atoms with van der Waals surface area (Å²) < 4.78 is 16.0. The van der Waals surface area contributed by atoms with E-state index in [-0.39, 0.29) is 24.3 Å². The normalized spacial score (nSPS) is 12.5. The van der Waals surface area contributed by atoms with Crippen molar-refractivity contribution in [2.45, 2.75) is 26.5 Å². The number of benzene rings is 1. The molecule has 1 aromatic carbocycles. The Hall–Kier alpha value is -2.38. The van der Waals surface area contributed by atoms with Crippen molar-refractivity contribution in [3.63, 3.8) is 0 Å². The van der Waals surface area contributed by atoms with Crippen molar-refractivity contribution in [3.05, 3.63) is 46.8 Å². The highest BCUT2D eigenvalue weighted by atomic mass is 35.5. The zero-order chi connectivity index (χ0) is 17.1. The Balaban J connectivity index is 1.65. The van der Waals surface area contributed by atoms with Crippen LogP contribution in [0.5, 0.6) is 0 Å². The van der Waals surface area contributed by atoms with Crippen LogP contribution in [0.2, 0.25) is 5.02 Å². The monoisotopic (exact) mass is 349 g/mol. The van der Waals surface area contributed by atoms with Crippen molar-refractivity contribution in [1.82, 2.24) is 15.5 Å². The summed E-state index contributed by atoms with van der Waals surface area (Å²) in [5, 5.41) is 7.71. The van der Waals surface area contributed by atoms with Crippen LogP contribution in [0.4, 0.5) is 0 Å². The summed E-state index contributed by atoms with van der Waals surface area (Å²) in [6.45, 7) is 4.36. The van der Waals surface area contributed by atoms with E-state index in [1.165, 1.54) is 0 Å². The number of furan rings is 1. The second kappa shape index (κ2) is 7.02. The molecule has 1 atom stereocenters. The van der Waals surface area contributed by atoms with Gasteiger partial charge in [-0.15, -0.1) is 0 Å². The van der Waals surface area contributed by atoms with Gasteiger partial charge in [-0.3, -0.25) is 4.79 Å². The van der Waals surface area contributed by atoms with Gasteiger partial charge in [0.1, 0.15) is 6.10 Å². The molecule has 0 spiro atoms. The molecule has 0 bridgehead atoms. The lowest BCUT2D eigenvalue weighted by atomic mass is 10.2. The lowest BCUT2D eigenvalue weighted by Crippen LogP contribution is -2.22. The van der Waals surface area contributed by atoms with Crippen molar-refractivity contribution >= 4 is 28.5 Å². The van der Waals surface area contributed by atoms with Crippen LogP contribution in [-0.4, -0.2) is 22.7 Å². The van der Waals surface area contributed by atoms with Crippen LogP contribution in [0, 0.1) is 0 Å². The molecule has 8 heteroatoms. The van der Waals surface area contributed by atoms with Crippen molar-refractivity contribution in [2.24, 2.45) is 0 Å². The number of aromatic nitrogens is 2.